The molecule has 0 aliphatic rings. The summed E-state index contributed by atoms with van der Waals surface area (Å²) in [5, 5.41) is 5.03. The fraction of sp³-hybridized carbons (Fsp3) is 0.250. The van der Waals surface area contributed by atoms with Crippen molar-refractivity contribution in [2.75, 3.05) is 14.2 Å². The van der Waals surface area contributed by atoms with Crippen LogP contribution >= 0.6 is 47.8 Å². The van der Waals surface area contributed by atoms with Gasteiger partial charge in [0.25, 0.3) is 5.56 Å². The maximum atomic E-state index is 13.5. The van der Waals surface area contributed by atoms with E-state index in [-0.39, 0.29) is 5.56 Å². The topological polar surface area (TPSA) is 74.9 Å². The highest BCUT2D eigenvalue weighted by molar-refractivity contribution is 9.11. The number of fused-ring (bicyclic) bond motifs is 1. The van der Waals surface area contributed by atoms with Crippen LogP contribution in [0.2, 0.25) is 0 Å². The number of methoxy groups -OCH3 is 2. The highest BCUT2D eigenvalue weighted by Gasteiger charge is 2.23. The number of benzene rings is 3. The van der Waals surface area contributed by atoms with E-state index in [2.05, 4.69) is 52.9 Å². The highest BCUT2D eigenvalue weighted by Crippen LogP contribution is 2.39. The van der Waals surface area contributed by atoms with E-state index in [0.29, 0.717) is 46.1 Å². The third-order valence-electron chi connectivity index (χ3n) is 5.67. The number of hydrogen-bond acceptors (Lipinski definition) is 6. The fourth-order valence-corrected chi connectivity index (χ4v) is 5.29. The van der Waals surface area contributed by atoms with Crippen molar-refractivity contribution in [2.45, 2.75) is 32.8 Å². The summed E-state index contributed by atoms with van der Waals surface area (Å²) in [4.78, 5) is 18.2. The van der Waals surface area contributed by atoms with Gasteiger partial charge in [-0.25, -0.2) is 4.98 Å². The SMILES string of the molecule is COc1cc(C=Nn2c(C(C)(C)C)nc3ccc(Br)cc3c2=O)cc(OC)c1OCc1ccc(Br)cc1Br. The molecule has 0 spiro atoms. The molecular weight excluding hydrogens is 682 g/mol. The van der Waals surface area contributed by atoms with Crippen molar-refractivity contribution >= 4 is 64.9 Å². The minimum absolute atomic E-state index is 0.253. The van der Waals surface area contributed by atoms with Crippen LogP contribution in [-0.2, 0) is 12.0 Å². The zero-order valence-corrected chi connectivity index (χ0v) is 26.3. The molecule has 0 saturated heterocycles. The molecular formula is C28H26Br3N3O4. The molecule has 0 unspecified atom stereocenters. The average Bonchev–Trinajstić information content (AvgIpc) is 2.87. The number of aromatic nitrogens is 2. The maximum absolute atomic E-state index is 13.5. The molecule has 1 heterocycles. The van der Waals surface area contributed by atoms with Gasteiger partial charge in [0.15, 0.2) is 11.5 Å². The molecule has 0 N–H and O–H groups in total. The third kappa shape index (κ3) is 6.13. The second-order valence-electron chi connectivity index (χ2n) is 9.49. The lowest BCUT2D eigenvalue weighted by atomic mass is 9.95. The molecule has 10 heteroatoms. The van der Waals surface area contributed by atoms with E-state index < -0.39 is 5.41 Å². The van der Waals surface area contributed by atoms with Crippen LogP contribution in [0.4, 0.5) is 0 Å². The highest BCUT2D eigenvalue weighted by atomic mass is 79.9. The fourth-order valence-electron chi connectivity index (χ4n) is 3.77. The van der Waals surface area contributed by atoms with Gasteiger partial charge in [0.05, 0.1) is 31.3 Å². The van der Waals surface area contributed by atoms with E-state index >= 15 is 0 Å². The molecule has 4 rings (SSSR count). The summed E-state index contributed by atoms with van der Waals surface area (Å²) < 4.78 is 21.4. The van der Waals surface area contributed by atoms with Crippen molar-refractivity contribution in [1.29, 1.82) is 0 Å². The first-order valence-electron chi connectivity index (χ1n) is 11.6. The monoisotopic (exact) mass is 705 g/mol. The smallest absolute Gasteiger partial charge is 0.282 e. The Morgan fingerprint density at radius 3 is 2.18 bits per heavy atom. The predicted molar refractivity (Wildman–Crippen MR) is 161 cm³/mol. The van der Waals surface area contributed by atoms with Crippen LogP contribution in [0.1, 0.15) is 37.7 Å². The van der Waals surface area contributed by atoms with Gasteiger partial charge in [-0.05, 0) is 42.5 Å². The van der Waals surface area contributed by atoms with E-state index in [0.717, 1.165) is 19.0 Å². The zero-order chi connectivity index (χ0) is 27.6. The van der Waals surface area contributed by atoms with Crippen LogP contribution in [-0.4, -0.2) is 30.1 Å². The Balaban J connectivity index is 1.74. The molecule has 0 radical (unpaired) electrons. The molecule has 3 aromatic carbocycles. The number of nitrogens with zero attached hydrogens (tertiary/aromatic N) is 3. The Morgan fingerprint density at radius 1 is 0.947 bits per heavy atom. The summed E-state index contributed by atoms with van der Waals surface area (Å²) in [6.07, 6.45) is 1.59. The van der Waals surface area contributed by atoms with Gasteiger partial charge < -0.3 is 14.2 Å². The Labute approximate surface area is 246 Å². The lowest BCUT2D eigenvalue weighted by Crippen LogP contribution is -2.29. The average molecular weight is 708 g/mol. The molecule has 198 valence electrons. The quantitative estimate of drug-likeness (QED) is 0.187. The summed E-state index contributed by atoms with van der Waals surface area (Å²) in [6.45, 7) is 6.28. The lowest BCUT2D eigenvalue weighted by Gasteiger charge is -2.21. The lowest BCUT2D eigenvalue weighted by molar-refractivity contribution is 0.265. The van der Waals surface area contributed by atoms with Gasteiger partial charge in [-0.15, -0.1) is 0 Å². The molecule has 7 nitrogen and oxygen atoms in total. The van der Waals surface area contributed by atoms with Crippen LogP contribution in [0, 0.1) is 0 Å². The van der Waals surface area contributed by atoms with Crippen molar-refractivity contribution in [1.82, 2.24) is 9.66 Å². The maximum Gasteiger partial charge on any atom is 0.282 e. The van der Waals surface area contributed by atoms with Gasteiger partial charge in [-0.3, -0.25) is 4.79 Å². The summed E-state index contributed by atoms with van der Waals surface area (Å²) in [5.41, 5.74) is 1.57. The van der Waals surface area contributed by atoms with Crippen LogP contribution in [0.15, 0.2) is 71.8 Å². The summed E-state index contributed by atoms with van der Waals surface area (Å²) in [5.74, 6) is 1.96. The first kappa shape index (κ1) is 28.3. The second kappa shape index (κ2) is 11.6. The summed E-state index contributed by atoms with van der Waals surface area (Å²) in [6, 6.07) is 14.9. The van der Waals surface area contributed by atoms with E-state index in [1.807, 2.05) is 51.1 Å². The van der Waals surface area contributed by atoms with E-state index in [9.17, 15) is 4.79 Å². The Bertz CT molecular complexity index is 1570. The van der Waals surface area contributed by atoms with Gasteiger partial charge in [-0.1, -0.05) is 74.6 Å². The predicted octanol–water partition coefficient (Wildman–Crippen LogP) is 7.46. The van der Waals surface area contributed by atoms with Crippen LogP contribution in [0.3, 0.4) is 0 Å². The van der Waals surface area contributed by atoms with Gasteiger partial charge >= 0.3 is 0 Å². The molecule has 1 aromatic heterocycles. The molecule has 38 heavy (non-hydrogen) atoms. The number of hydrogen-bond donors (Lipinski definition) is 0. The molecule has 0 saturated carbocycles. The van der Waals surface area contributed by atoms with Crippen LogP contribution in [0.5, 0.6) is 17.2 Å². The van der Waals surface area contributed by atoms with Crippen molar-refractivity contribution < 1.29 is 14.2 Å². The second-order valence-corrected chi connectivity index (χ2v) is 12.2. The minimum Gasteiger partial charge on any atom is -0.493 e. The van der Waals surface area contributed by atoms with E-state index in [1.165, 1.54) is 4.68 Å². The molecule has 0 aliphatic heterocycles. The van der Waals surface area contributed by atoms with Crippen molar-refractivity contribution in [3.8, 4) is 17.2 Å². The van der Waals surface area contributed by atoms with Gasteiger partial charge in [0.2, 0.25) is 5.75 Å². The summed E-state index contributed by atoms with van der Waals surface area (Å²) >= 11 is 10.5. The van der Waals surface area contributed by atoms with Gasteiger partial charge in [0, 0.05) is 30.0 Å². The molecule has 0 bridgehead atoms. The Morgan fingerprint density at radius 2 is 1.58 bits per heavy atom. The largest absolute Gasteiger partial charge is 0.493 e. The number of rotatable bonds is 7. The van der Waals surface area contributed by atoms with Crippen molar-refractivity contribution in [3.05, 3.63) is 89.3 Å². The first-order chi connectivity index (χ1) is 18.0. The molecule has 0 atom stereocenters. The standard InChI is InChI=1S/C28H26Br3N3O4/c1-28(2,3)27-33-22-9-8-18(29)12-20(22)26(35)34(27)32-14-16-10-23(36-4)25(24(11-16)37-5)38-15-17-6-7-19(30)13-21(17)31/h6-14H,15H2,1-5H3. The van der Waals surface area contributed by atoms with Gasteiger partial charge in [0.1, 0.15) is 12.4 Å². The Kier molecular flexibility index (Phi) is 8.64. The van der Waals surface area contributed by atoms with E-state index in [1.54, 1.807) is 38.6 Å². The molecule has 0 aliphatic carbocycles. The molecule has 0 amide bonds. The number of ether oxygens (including phenoxy) is 3. The van der Waals surface area contributed by atoms with Gasteiger partial charge in [-0.2, -0.15) is 9.78 Å². The normalized spacial score (nSPS) is 11.8. The van der Waals surface area contributed by atoms with E-state index in [4.69, 9.17) is 19.2 Å². The Hall–Kier alpha value is -2.69. The van der Waals surface area contributed by atoms with Crippen LogP contribution < -0.4 is 19.8 Å². The number of halogens is 3. The third-order valence-corrected chi connectivity index (χ3v) is 7.40. The molecule has 4 aromatic rings. The summed E-state index contributed by atoms with van der Waals surface area (Å²) in [7, 11) is 3.12. The van der Waals surface area contributed by atoms with Crippen molar-refractivity contribution in [2.24, 2.45) is 5.10 Å². The minimum atomic E-state index is -0.424. The van der Waals surface area contributed by atoms with Crippen LogP contribution in [0.25, 0.3) is 10.9 Å². The molecule has 0 fully saturated rings. The zero-order valence-electron chi connectivity index (χ0n) is 21.5. The first-order valence-corrected chi connectivity index (χ1v) is 14.0. The van der Waals surface area contributed by atoms with Crippen molar-refractivity contribution in [3.63, 3.8) is 0 Å².